The molecule has 0 amide bonds. The number of rotatable bonds is 1. The number of ether oxygens (including phenoxy) is 1. The van der Waals surface area contributed by atoms with Crippen molar-refractivity contribution in [3.63, 3.8) is 0 Å². The van der Waals surface area contributed by atoms with Gasteiger partial charge in [-0.05, 0) is 36.6 Å². The molecule has 1 aliphatic rings. The first-order valence-electron chi connectivity index (χ1n) is 4.33. The number of carbonyl (C=O) groups is 1. The zero-order chi connectivity index (χ0) is 10.1. The summed E-state index contributed by atoms with van der Waals surface area (Å²) in [5, 5.41) is 10.5. The summed E-state index contributed by atoms with van der Waals surface area (Å²) in [4.78, 5) is 10.5. The second-order valence-corrected chi connectivity index (χ2v) is 3.22. The maximum atomic E-state index is 12.8. The molecule has 74 valence electrons. The SMILES string of the molecule is O=C([O-])[C@H]1CCc2cc(F)ccc2O1. The second kappa shape index (κ2) is 3.29. The Hall–Kier alpha value is -1.58. The van der Waals surface area contributed by atoms with Crippen molar-refractivity contribution in [2.75, 3.05) is 0 Å². The Labute approximate surface area is 80.1 Å². The fourth-order valence-electron chi connectivity index (χ4n) is 1.52. The van der Waals surface area contributed by atoms with E-state index in [-0.39, 0.29) is 5.82 Å². The molecule has 14 heavy (non-hydrogen) atoms. The molecule has 4 heteroatoms. The molecule has 3 nitrogen and oxygen atoms in total. The zero-order valence-corrected chi connectivity index (χ0v) is 7.33. The molecule has 1 aromatic rings. The van der Waals surface area contributed by atoms with Gasteiger partial charge in [-0.15, -0.1) is 0 Å². The lowest BCUT2D eigenvalue weighted by molar-refractivity contribution is -0.314. The van der Waals surface area contributed by atoms with Gasteiger partial charge in [-0.3, -0.25) is 0 Å². The Morgan fingerprint density at radius 2 is 2.36 bits per heavy atom. The van der Waals surface area contributed by atoms with Crippen LogP contribution in [0.2, 0.25) is 0 Å². The van der Waals surface area contributed by atoms with Gasteiger partial charge in [-0.2, -0.15) is 0 Å². The standard InChI is InChI=1S/C10H9FO3/c11-7-2-4-8-6(5-7)1-3-9(14-8)10(12)13/h2,4-5,9H,1,3H2,(H,12,13)/p-1/t9-/m1/s1. The molecule has 0 N–H and O–H groups in total. The van der Waals surface area contributed by atoms with E-state index >= 15 is 0 Å². The van der Waals surface area contributed by atoms with E-state index in [1.165, 1.54) is 18.2 Å². The number of hydrogen-bond donors (Lipinski definition) is 0. The minimum Gasteiger partial charge on any atom is -0.546 e. The van der Waals surface area contributed by atoms with Gasteiger partial charge in [0.25, 0.3) is 0 Å². The van der Waals surface area contributed by atoms with Crippen molar-refractivity contribution >= 4 is 5.97 Å². The maximum absolute atomic E-state index is 12.8. The summed E-state index contributed by atoms with van der Waals surface area (Å²) in [6.45, 7) is 0. The van der Waals surface area contributed by atoms with E-state index in [2.05, 4.69) is 0 Å². The Balaban J connectivity index is 2.27. The number of aliphatic carboxylic acids is 1. The first-order valence-corrected chi connectivity index (χ1v) is 4.33. The fourth-order valence-corrected chi connectivity index (χ4v) is 1.52. The van der Waals surface area contributed by atoms with Crippen LogP contribution in [0.25, 0.3) is 0 Å². The van der Waals surface area contributed by atoms with Crippen LogP contribution in [0, 0.1) is 5.82 Å². The molecule has 0 saturated carbocycles. The molecule has 2 rings (SSSR count). The minimum absolute atomic E-state index is 0.332. The van der Waals surface area contributed by atoms with Crippen molar-refractivity contribution in [2.24, 2.45) is 0 Å². The van der Waals surface area contributed by atoms with Crippen molar-refractivity contribution in [2.45, 2.75) is 18.9 Å². The summed E-state index contributed by atoms with van der Waals surface area (Å²) in [5.41, 5.74) is 0.711. The number of halogens is 1. The van der Waals surface area contributed by atoms with Gasteiger partial charge in [0, 0.05) is 0 Å². The molecule has 0 unspecified atom stereocenters. The average molecular weight is 195 g/mol. The molecule has 0 fully saturated rings. The molecule has 0 saturated heterocycles. The van der Waals surface area contributed by atoms with Crippen LogP contribution < -0.4 is 9.84 Å². The molecule has 1 heterocycles. The topological polar surface area (TPSA) is 49.4 Å². The number of carboxylic acid groups (broad SMARTS) is 1. The lowest BCUT2D eigenvalue weighted by atomic mass is 10.0. The Bertz CT molecular complexity index is 376. The lowest BCUT2D eigenvalue weighted by Gasteiger charge is -2.26. The van der Waals surface area contributed by atoms with Crippen LogP contribution in [0.5, 0.6) is 5.75 Å². The minimum atomic E-state index is -1.22. The zero-order valence-electron chi connectivity index (χ0n) is 7.33. The van der Waals surface area contributed by atoms with Gasteiger partial charge in [-0.25, -0.2) is 4.39 Å². The summed E-state index contributed by atoms with van der Waals surface area (Å²) >= 11 is 0. The molecule has 1 aromatic carbocycles. The van der Waals surface area contributed by atoms with Crippen molar-refractivity contribution in [3.8, 4) is 5.75 Å². The fraction of sp³-hybridized carbons (Fsp3) is 0.300. The average Bonchev–Trinajstić information content (AvgIpc) is 2.16. The Morgan fingerprint density at radius 1 is 1.57 bits per heavy atom. The van der Waals surface area contributed by atoms with Crippen LogP contribution in [-0.2, 0) is 11.2 Å². The monoisotopic (exact) mass is 195 g/mol. The highest BCUT2D eigenvalue weighted by Gasteiger charge is 2.20. The van der Waals surface area contributed by atoms with Gasteiger partial charge in [0.15, 0.2) is 0 Å². The third kappa shape index (κ3) is 1.55. The van der Waals surface area contributed by atoms with Gasteiger partial charge < -0.3 is 14.6 Å². The normalized spacial score (nSPS) is 19.6. The van der Waals surface area contributed by atoms with Crippen molar-refractivity contribution in [1.29, 1.82) is 0 Å². The summed E-state index contributed by atoms with van der Waals surface area (Å²) in [6, 6.07) is 4.05. The van der Waals surface area contributed by atoms with Crippen LogP contribution in [0.15, 0.2) is 18.2 Å². The summed E-state index contributed by atoms with van der Waals surface area (Å²) in [5.74, 6) is -1.12. The largest absolute Gasteiger partial charge is 0.546 e. The van der Waals surface area contributed by atoms with Crippen molar-refractivity contribution in [1.82, 2.24) is 0 Å². The summed E-state index contributed by atoms with van der Waals surface area (Å²) in [7, 11) is 0. The maximum Gasteiger partial charge on any atom is 0.138 e. The molecule has 1 atom stereocenters. The number of hydrogen-bond acceptors (Lipinski definition) is 3. The third-order valence-corrected chi connectivity index (χ3v) is 2.23. The number of carboxylic acids is 1. The number of carbonyl (C=O) groups excluding carboxylic acids is 1. The number of benzene rings is 1. The van der Waals surface area contributed by atoms with Gasteiger partial charge in [0.05, 0.1) is 5.97 Å². The van der Waals surface area contributed by atoms with Crippen LogP contribution in [0.3, 0.4) is 0 Å². The molecule has 0 radical (unpaired) electrons. The molecule has 1 aliphatic heterocycles. The van der Waals surface area contributed by atoms with E-state index in [0.717, 1.165) is 0 Å². The molecule has 0 aliphatic carbocycles. The van der Waals surface area contributed by atoms with Gasteiger partial charge in [-0.1, -0.05) is 0 Å². The predicted molar refractivity (Wildman–Crippen MR) is 44.1 cm³/mol. The number of fused-ring (bicyclic) bond motifs is 1. The van der Waals surface area contributed by atoms with E-state index in [4.69, 9.17) is 4.74 Å². The van der Waals surface area contributed by atoms with Crippen molar-refractivity contribution < 1.29 is 19.0 Å². The molecule has 0 aromatic heterocycles. The molecule has 0 spiro atoms. The molecule has 0 bridgehead atoms. The van der Waals surface area contributed by atoms with Crippen LogP contribution in [0.1, 0.15) is 12.0 Å². The highest BCUT2D eigenvalue weighted by Crippen LogP contribution is 2.27. The Morgan fingerprint density at radius 3 is 3.07 bits per heavy atom. The van der Waals surface area contributed by atoms with E-state index < -0.39 is 12.1 Å². The van der Waals surface area contributed by atoms with Crippen LogP contribution >= 0.6 is 0 Å². The van der Waals surface area contributed by atoms with Gasteiger partial charge in [0.2, 0.25) is 0 Å². The molecular formula is C10H8FO3-. The summed E-state index contributed by atoms with van der Waals surface area (Å²) in [6.07, 6.45) is -0.0715. The highest BCUT2D eigenvalue weighted by molar-refractivity contribution is 5.71. The lowest BCUT2D eigenvalue weighted by Crippen LogP contribution is -2.41. The van der Waals surface area contributed by atoms with Gasteiger partial charge in [0.1, 0.15) is 17.7 Å². The highest BCUT2D eigenvalue weighted by atomic mass is 19.1. The van der Waals surface area contributed by atoms with E-state index in [0.29, 0.717) is 24.2 Å². The first-order chi connectivity index (χ1) is 6.66. The smallest absolute Gasteiger partial charge is 0.138 e. The first kappa shape index (κ1) is 8.99. The van der Waals surface area contributed by atoms with E-state index in [9.17, 15) is 14.3 Å². The quantitative estimate of drug-likeness (QED) is 0.646. The van der Waals surface area contributed by atoms with Gasteiger partial charge >= 0.3 is 0 Å². The van der Waals surface area contributed by atoms with Crippen molar-refractivity contribution in [3.05, 3.63) is 29.6 Å². The number of aryl methyl sites for hydroxylation is 1. The predicted octanol–water partition coefficient (Wildman–Crippen LogP) is 0.269. The summed E-state index contributed by atoms with van der Waals surface area (Å²) < 4.78 is 17.9. The van der Waals surface area contributed by atoms with E-state index in [1.54, 1.807) is 0 Å². The Kier molecular flexibility index (Phi) is 2.11. The van der Waals surface area contributed by atoms with Crippen LogP contribution in [0.4, 0.5) is 4.39 Å². The molecular weight excluding hydrogens is 187 g/mol. The van der Waals surface area contributed by atoms with Crippen LogP contribution in [-0.4, -0.2) is 12.1 Å². The third-order valence-electron chi connectivity index (χ3n) is 2.23. The van der Waals surface area contributed by atoms with E-state index in [1.807, 2.05) is 0 Å². The second-order valence-electron chi connectivity index (χ2n) is 3.22.